The summed E-state index contributed by atoms with van der Waals surface area (Å²) < 4.78 is 0. The molecule has 2 atom stereocenters. The Morgan fingerprint density at radius 1 is 1.29 bits per heavy atom. The molecule has 0 heterocycles. The van der Waals surface area contributed by atoms with Crippen molar-refractivity contribution in [3.63, 3.8) is 0 Å². The lowest BCUT2D eigenvalue weighted by atomic mass is 9.89. The molecule has 0 aromatic heterocycles. The molecule has 14 heavy (non-hydrogen) atoms. The molecule has 0 bridgehead atoms. The quantitative estimate of drug-likeness (QED) is 0.796. The van der Waals surface area contributed by atoms with Gasteiger partial charge in [0.15, 0.2) is 0 Å². The third-order valence-corrected chi connectivity index (χ3v) is 3.61. The summed E-state index contributed by atoms with van der Waals surface area (Å²) in [6, 6.07) is 8.16. The fourth-order valence-electron chi connectivity index (χ4n) is 2.50. The highest BCUT2D eigenvalue weighted by Gasteiger charge is 2.28. The van der Waals surface area contributed by atoms with Gasteiger partial charge in [0.2, 0.25) is 0 Å². The van der Waals surface area contributed by atoms with Crippen molar-refractivity contribution in [2.45, 2.75) is 25.2 Å². The van der Waals surface area contributed by atoms with Crippen LogP contribution in [0, 0.1) is 5.92 Å². The Morgan fingerprint density at radius 3 is 2.79 bits per heavy atom. The molecular weight excluding hydrogens is 194 g/mol. The van der Waals surface area contributed by atoms with Crippen LogP contribution in [0.25, 0.3) is 0 Å². The summed E-state index contributed by atoms with van der Waals surface area (Å²) >= 11 is 6.19. The van der Waals surface area contributed by atoms with Gasteiger partial charge in [-0.15, -0.1) is 0 Å². The molecule has 1 aromatic carbocycles. The van der Waals surface area contributed by atoms with Crippen LogP contribution in [0.2, 0.25) is 5.02 Å². The lowest BCUT2D eigenvalue weighted by molar-refractivity contribution is 0.496. The van der Waals surface area contributed by atoms with Crippen LogP contribution in [0.3, 0.4) is 0 Å². The first-order chi connectivity index (χ1) is 6.83. The van der Waals surface area contributed by atoms with Crippen molar-refractivity contribution in [2.75, 3.05) is 6.54 Å². The molecule has 1 aliphatic rings. The maximum Gasteiger partial charge on any atom is 0.0440 e. The molecule has 2 rings (SSSR count). The van der Waals surface area contributed by atoms with E-state index in [2.05, 4.69) is 12.1 Å². The molecule has 0 saturated heterocycles. The van der Waals surface area contributed by atoms with Crippen molar-refractivity contribution < 1.29 is 0 Å². The van der Waals surface area contributed by atoms with E-state index < -0.39 is 0 Å². The van der Waals surface area contributed by atoms with Crippen molar-refractivity contribution in [3.05, 3.63) is 34.9 Å². The van der Waals surface area contributed by atoms with Gasteiger partial charge in [0.05, 0.1) is 0 Å². The van der Waals surface area contributed by atoms with Gasteiger partial charge in [0, 0.05) is 5.02 Å². The first-order valence-electron chi connectivity index (χ1n) is 5.27. The van der Waals surface area contributed by atoms with Crippen LogP contribution in [0.1, 0.15) is 30.7 Å². The van der Waals surface area contributed by atoms with Gasteiger partial charge in [-0.3, -0.25) is 0 Å². The number of nitrogens with two attached hydrogens (primary N) is 1. The number of hydrogen-bond donors (Lipinski definition) is 1. The number of rotatable bonds is 2. The van der Waals surface area contributed by atoms with Gasteiger partial charge in [-0.05, 0) is 42.9 Å². The summed E-state index contributed by atoms with van der Waals surface area (Å²) in [5.74, 6) is 1.23. The van der Waals surface area contributed by atoms with E-state index in [9.17, 15) is 0 Å². The summed E-state index contributed by atoms with van der Waals surface area (Å²) in [7, 11) is 0. The first kappa shape index (κ1) is 10.0. The van der Waals surface area contributed by atoms with E-state index in [0.717, 1.165) is 11.6 Å². The van der Waals surface area contributed by atoms with E-state index in [-0.39, 0.29) is 0 Å². The van der Waals surface area contributed by atoms with Gasteiger partial charge in [-0.2, -0.15) is 0 Å². The zero-order valence-electron chi connectivity index (χ0n) is 8.25. The van der Waals surface area contributed by atoms with Crippen LogP contribution >= 0.6 is 11.6 Å². The van der Waals surface area contributed by atoms with E-state index >= 15 is 0 Å². The highest BCUT2D eigenvalue weighted by atomic mass is 35.5. The molecule has 1 nitrogen and oxygen atoms in total. The van der Waals surface area contributed by atoms with Crippen molar-refractivity contribution in [1.29, 1.82) is 0 Å². The summed E-state index contributed by atoms with van der Waals surface area (Å²) in [5.41, 5.74) is 7.06. The van der Waals surface area contributed by atoms with Crippen LogP contribution in [-0.4, -0.2) is 6.54 Å². The number of hydrogen-bond acceptors (Lipinski definition) is 1. The average molecular weight is 210 g/mol. The van der Waals surface area contributed by atoms with Crippen LogP contribution in [-0.2, 0) is 0 Å². The summed E-state index contributed by atoms with van der Waals surface area (Å²) in [6.45, 7) is 0.788. The SMILES string of the molecule is NCC1CCCC1c1ccccc1Cl. The van der Waals surface area contributed by atoms with Gasteiger partial charge in [0.25, 0.3) is 0 Å². The van der Waals surface area contributed by atoms with Crippen LogP contribution < -0.4 is 5.73 Å². The normalized spacial score (nSPS) is 26.7. The lowest BCUT2D eigenvalue weighted by Crippen LogP contribution is -2.17. The smallest absolute Gasteiger partial charge is 0.0440 e. The molecule has 1 aliphatic carbocycles. The fraction of sp³-hybridized carbons (Fsp3) is 0.500. The molecular formula is C12H16ClN. The van der Waals surface area contributed by atoms with Crippen molar-refractivity contribution in [1.82, 2.24) is 0 Å². The first-order valence-corrected chi connectivity index (χ1v) is 5.65. The molecule has 2 heteroatoms. The predicted molar refractivity (Wildman–Crippen MR) is 60.6 cm³/mol. The molecule has 1 saturated carbocycles. The van der Waals surface area contributed by atoms with E-state index in [1.54, 1.807) is 0 Å². The zero-order valence-corrected chi connectivity index (χ0v) is 9.00. The van der Waals surface area contributed by atoms with Crippen LogP contribution in [0.4, 0.5) is 0 Å². The van der Waals surface area contributed by atoms with Crippen LogP contribution in [0.15, 0.2) is 24.3 Å². The topological polar surface area (TPSA) is 26.0 Å². The predicted octanol–water partition coefficient (Wildman–Crippen LogP) is 3.18. The monoisotopic (exact) mass is 209 g/mol. The lowest BCUT2D eigenvalue weighted by Gasteiger charge is -2.19. The maximum atomic E-state index is 6.19. The molecule has 1 aromatic rings. The minimum atomic E-state index is 0.591. The molecule has 0 spiro atoms. The molecule has 0 aliphatic heterocycles. The molecule has 2 unspecified atom stereocenters. The Morgan fingerprint density at radius 2 is 2.07 bits per heavy atom. The Balaban J connectivity index is 2.26. The third kappa shape index (κ3) is 1.79. The van der Waals surface area contributed by atoms with Gasteiger partial charge < -0.3 is 5.73 Å². The second kappa shape index (κ2) is 4.33. The van der Waals surface area contributed by atoms with E-state index in [4.69, 9.17) is 17.3 Å². The summed E-state index contributed by atoms with van der Waals surface area (Å²) in [5, 5.41) is 0.901. The second-order valence-electron chi connectivity index (χ2n) is 4.05. The highest BCUT2D eigenvalue weighted by molar-refractivity contribution is 6.31. The minimum absolute atomic E-state index is 0.591. The molecule has 1 fully saturated rings. The Kier molecular flexibility index (Phi) is 3.09. The van der Waals surface area contributed by atoms with E-state index in [0.29, 0.717) is 11.8 Å². The van der Waals surface area contributed by atoms with E-state index in [1.807, 2.05) is 12.1 Å². The van der Waals surface area contributed by atoms with Crippen LogP contribution in [0.5, 0.6) is 0 Å². The Bertz CT molecular complexity index is 311. The Labute approximate surface area is 90.3 Å². The molecule has 2 N–H and O–H groups in total. The fourth-order valence-corrected chi connectivity index (χ4v) is 2.78. The maximum absolute atomic E-state index is 6.19. The standard InChI is InChI=1S/C12H16ClN/c13-12-7-2-1-5-11(12)10-6-3-4-9(10)8-14/h1-2,5,7,9-10H,3-4,6,8,14H2. The molecule has 0 amide bonds. The average Bonchev–Trinajstić information content (AvgIpc) is 2.66. The molecule has 76 valence electrons. The zero-order chi connectivity index (χ0) is 9.97. The minimum Gasteiger partial charge on any atom is -0.330 e. The van der Waals surface area contributed by atoms with Gasteiger partial charge in [0.1, 0.15) is 0 Å². The van der Waals surface area contributed by atoms with E-state index in [1.165, 1.54) is 24.8 Å². The highest BCUT2D eigenvalue weighted by Crippen LogP contribution is 2.41. The van der Waals surface area contributed by atoms with Crippen molar-refractivity contribution in [3.8, 4) is 0 Å². The van der Waals surface area contributed by atoms with Crippen molar-refractivity contribution in [2.24, 2.45) is 11.7 Å². The third-order valence-electron chi connectivity index (χ3n) is 3.27. The number of halogens is 1. The van der Waals surface area contributed by atoms with Gasteiger partial charge >= 0.3 is 0 Å². The Hall–Kier alpha value is -0.530. The van der Waals surface area contributed by atoms with Gasteiger partial charge in [-0.1, -0.05) is 36.2 Å². The van der Waals surface area contributed by atoms with Crippen molar-refractivity contribution >= 4 is 11.6 Å². The second-order valence-corrected chi connectivity index (χ2v) is 4.46. The summed E-state index contributed by atoms with van der Waals surface area (Å²) in [4.78, 5) is 0. The summed E-state index contributed by atoms with van der Waals surface area (Å²) in [6.07, 6.45) is 3.79. The largest absolute Gasteiger partial charge is 0.330 e. The molecule has 0 radical (unpaired) electrons. The van der Waals surface area contributed by atoms with Gasteiger partial charge in [-0.25, -0.2) is 0 Å². The number of benzene rings is 1.